The molecule has 1 atom stereocenters. The number of furan rings is 1. The van der Waals surface area contributed by atoms with E-state index in [1.165, 1.54) is 9.78 Å². The van der Waals surface area contributed by atoms with Crippen LogP contribution in [0.4, 0.5) is 0 Å². The number of fused-ring (bicyclic) bond motifs is 1. The standard InChI is InChI=1S/C29H26Cl2N2O4S/c1-19-14-22(7-8-25(19)31)37-18-26-24-10-13-38-27(24)9-11-33(26)28(34)17-32(16-23-6-3-12-36-23)29(35)20-4-2-5-21(30)15-20/h2-8,10,12-15,26H,9,11,16-18H2,1H3/t26-/m1/s1. The normalized spacial score (nSPS) is 14.7. The highest BCUT2D eigenvalue weighted by molar-refractivity contribution is 7.10. The molecule has 5 rings (SSSR count). The van der Waals surface area contributed by atoms with Crippen LogP contribution in [0.25, 0.3) is 0 Å². The van der Waals surface area contributed by atoms with Gasteiger partial charge in [-0.25, -0.2) is 0 Å². The van der Waals surface area contributed by atoms with Gasteiger partial charge < -0.3 is 19.0 Å². The van der Waals surface area contributed by atoms with E-state index in [0.717, 1.165) is 17.5 Å². The fraction of sp³-hybridized carbons (Fsp3) is 0.241. The number of carbonyl (C=O) groups is 2. The van der Waals surface area contributed by atoms with Gasteiger partial charge in [-0.3, -0.25) is 9.59 Å². The van der Waals surface area contributed by atoms with E-state index in [1.807, 2.05) is 29.3 Å². The Morgan fingerprint density at radius 3 is 2.76 bits per heavy atom. The van der Waals surface area contributed by atoms with Crippen molar-refractivity contribution in [1.29, 1.82) is 0 Å². The predicted octanol–water partition coefficient (Wildman–Crippen LogP) is 6.80. The molecule has 0 N–H and O–H groups in total. The summed E-state index contributed by atoms with van der Waals surface area (Å²) in [4.78, 5) is 31.8. The third kappa shape index (κ3) is 5.90. The molecule has 2 aromatic heterocycles. The van der Waals surface area contributed by atoms with Gasteiger partial charge in [0.2, 0.25) is 5.91 Å². The van der Waals surface area contributed by atoms with Crippen molar-refractivity contribution in [2.45, 2.75) is 25.9 Å². The van der Waals surface area contributed by atoms with E-state index in [2.05, 4.69) is 6.07 Å². The molecular weight excluding hydrogens is 543 g/mol. The van der Waals surface area contributed by atoms with Crippen LogP contribution in [0.15, 0.2) is 76.7 Å². The number of nitrogens with zero attached hydrogens (tertiary/aromatic N) is 2. The zero-order chi connectivity index (χ0) is 26.6. The Bertz CT molecular complexity index is 1440. The van der Waals surface area contributed by atoms with Crippen molar-refractivity contribution in [3.05, 3.63) is 110 Å². The van der Waals surface area contributed by atoms with E-state index in [0.29, 0.717) is 33.7 Å². The molecule has 3 heterocycles. The van der Waals surface area contributed by atoms with Crippen LogP contribution in [0.2, 0.25) is 10.0 Å². The molecule has 196 valence electrons. The van der Waals surface area contributed by atoms with Gasteiger partial charge in [0, 0.05) is 27.0 Å². The van der Waals surface area contributed by atoms with Crippen LogP contribution in [0.1, 0.15) is 38.2 Å². The second kappa shape index (κ2) is 11.6. The van der Waals surface area contributed by atoms with Crippen molar-refractivity contribution in [2.75, 3.05) is 19.7 Å². The monoisotopic (exact) mass is 568 g/mol. The first-order chi connectivity index (χ1) is 18.4. The lowest BCUT2D eigenvalue weighted by Gasteiger charge is -2.37. The molecule has 0 radical (unpaired) electrons. The summed E-state index contributed by atoms with van der Waals surface area (Å²) in [5, 5.41) is 3.17. The van der Waals surface area contributed by atoms with Crippen LogP contribution in [-0.4, -0.2) is 41.3 Å². The van der Waals surface area contributed by atoms with Gasteiger partial charge >= 0.3 is 0 Å². The first kappa shape index (κ1) is 26.4. The van der Waals surface area contributed by atoms with Crippen molar-refractivity contribution in [3.63, 3.8) is 0 Å². The van der Waals surface area contributed by atoms with Crippen LogP contribution in [0.5, 0.6) is 5.75 Å². The highest BCUT2D eigenvalue weighted by Crippen LogP contribution is 2.34. The fourth-order valence-corrected chi connectivity index (χ4v) is 5.84. The number of benzene rings is 2. The Balaban J connectivity index is 1.37. The minimum Gasteiger partial charge on any atom is -0.491 e. The highest BCUT2D eigenvalue weighted by atomic mass is 35.5. The van der Waals surface area contributed by atoms with Gasteiger partial charge in [0.25, 0.3) is 5.91 Å². The number of rotatable bonds is 8. The largest absolute Gasteiger partial charge is 0.491 e. The molecule has 2 aromatic carbocycles. The summed E-state index contributed by atoms with van der Waals surface area (Å²) in [7, 11) is 0. The number of halogens is 2. The van der Waals surface area contributed by atoms with Crippen molar-refractivity contribution in [1.82, 2.24) is 9.80 Å². The summed E-state index contributed by atoms with van der Waals surface area (Å²) in [6.07, 6.45) is 2.31. The molecule has 0 unspecified atom stereocenters. The summed E-state index contributed by atoms with van der Waals surface area (Å²) in [6, 6.07) is 17.6. The molecule has 38 heavy (non-hydrogen) atoms. The van der Waals surface area contributed by atoms with E-state index in [-0.39, 0.29) is 37.6 Å². The third-order valence-electron chi connectivity index (χ3n) is 6.56. The lowest BCUT2D eigenvalue weighted by molar-refractivity contribution is -0.135. The zero-order valence-corrected chi connectivity index (χ0v) is 23.1. The predicted molar refractivity (Wildman–Crippen MR) is 149 cm³/mol. The van der Waals surface area contributed by atoms with Gasteiger partial charge in [-0.05, 0) is 84.4 Å². The molecular formula is C29H26Cl2N2O4S. The van der Waals surface area contributed by atoms with Crippen LogP contribution in [0, 0.1) is 6.92 Å². The molecule has 0 fully saturated rings. The number of hydrogen-bond donors (Lipinski definition) is 0. The van der Waals surface area contributed by atoms with E-state index >= 15 is 0 Å². The maximum atomic E-state index is 13.8. The summed E-state index contributed by atoms with van der Waals surface area (Å²) in [5.41, 5.74) is 2.41. The number of hydrogen-bond acceptors (Lipinski definition) is 5. The Labute approximate surface area is 235 Å². The SMILES string of the molecule is Cc1cc(OC[C@@H]2c3ccsc3CCN2C(=O)CN(Cc2ccco2)C(=O)c2cccc(Cl)c2)ccc1Cl. The average molecular weight is 570 g/mol. The first-order valence-electron chi connectivity index (χ1n) is 12.2. The number of thiophene rings is 1. The maximum absolute atomic E-state index is 13.8. The van der Waals surface area contributed by atoms with Gasteiger partial charge in [-0.1, -0.05) is 29.3 Å². The molecule has 1 aliphatic heterocycles. The summed E-state index contributed by atoms with van der Waals surface area (Å²) >= 11 is 14.0. The Hall–Kier alpha value is -3.26. The van der Waals surface area contributed by atoms with Gasteiger partial charge in [0.15, 0.2) is 0 Å². The van der Waals surface area contributed by atoms with Crippen molar-refractivity contribution in [2.24, 2.45) is 0 Å². The Kier molecular flexibility index (Phi) is 8.07. The molecule has 0 saturated heterocycles. The lowest BCUT2D eigenvalue weighted by Crippen LogP contribution is -2.47. The van der Waals surface area contributed by atoms with Crippen LogP contribution < -0.4 is 4.74 Å². The quantitative estimate of drug-likeness (QED) is 0.234. The molecule has 9 heteroatoms. The minimum absolute atomic E-state index is 0.109. The van der Waals surface area contributed by atoms with Gasteiger partial charge in [0.1, 0.15) is 24.7 Å². The highest BCUT2D eigenvalue weighted by Gasteiger charge is 2.34. The topological polar surface area (TPSA) is 63.0 Å². The van der Waals surface area contributed by atoms with E-state index in [1.54, 1.807) is 60.1 Å². The third-order valence-corrected chi connectivity index (χ3v) is 8.22. The second-order valence-corrected chi connectivity index (χ2v) is 11.0. The van der Waals surface area contributed by atoms with E-state index in [9.17, 15) is 9.59 Å². The minimum atomic E-state index is -0.296. The molecule has 2 amide bonds. The number of amides is 2. The van der Waals surface area contributed by atoms with Crippen LogP contribution in [-0.2, 0) is 17.8 Å². The average Bonchev–Trinajstić information content (AvgIpc) is 3.60. The molecule has 0 saturated carbocycles. The van der Waals surface area contributed by atoms with Crippen molar-refractivity contribution >= 4 is 46.4 Å². The summed E-state index contributed by atoms with van der Waals surface area (Å²) < 4.78 is 11.6. The zero-order valence-electron chi connectivity index (χ0n) is 20.7. The summed E-state index contributed by atoms with van der Waals surface area (Å²) in [5.74, 6) is 0.821. The van der Waals surface area contributed by atoms with Gasteiger partial charge in [-0.15, -0.1) is 11.3 Å². The number of ether oxygens (including phenoxy) is 1. The van der Waals surface area contributed by atoms with E-state index < -0.39 is 0 Å². The first-order valence-corrected chi connectivity index (χ1v) is 13.8. The number of aryl methyl sites for hydroxylation is 1. The van der Waals surface area contributed by atoms with Crippen LogP contribution >= 0.6 is 34.5 Å². The lowest BCUT2D eigenvalue weighted by atomic mass is 10.00. The Morgan fingerprint density at radius 2 is 2.00 bits per heavy atom. The van der Waals surface area contributed by atoms with E-state index in [4.69, 9.17) is 32.4 Å². The smallest absolute Gasteiger partial charge is 0.254 e. The van der Waals surface area contributed by atoms with Crippen molar-refractivity contribution in [3.8, 4) is 5.75 Å². The Morgan fingerprint density at radius 1 is 1.13 bits per heavy atom. The maximum Gasteiger partial charge on any atom is 0.254 e. The summed E-state index contributed by atoms with van der Waals surface area (Å²) in [6.45, 7) is 2.80. The van der Waals surface area contributed by atoms with Gasteiger partial charge in [-0.2, -0.15) is 0 Å². The molecule has 1 aliphatic rings. The molecule has 0 spiro atoms. The molecule has 0 aliphatic carbocycles. The number of carbonyl (C=O) groups excluding carboxylic acids is 2. The second-order valence-electron chi connectivity index (χ2n) is 9.12. The van der Waals surface area contributed by atoms with Crippen molar-refractivity contribution < 1.29 is 18.7 Å². The fourth-order valence-electron chi connectivity index (χ4n) is 4.61. The van der Waals surface area contributed by atoms with Gasteiger partial charge in [0.05, 0.1) is 18.8 Å². The van der Waals surface area contributed by atoms with Crippen LogP contribution in [0.3, 0.4) is 0 Å². The molecule has 4 aromatic rings. The molecule has 0 bridgehead atoms. The molecule has 6 nitrogen and oxygen atoms in total.